The van der Waals surface area contributed by atoms with Crippen LogP contribution in [0.25, 0.3) is 0 Å². The van der Waals surface area contributed by atoms with Crippen LogP contribution in [0, 0.1) is 0 Å². The van der Waals surface area contributed by atoms with E-state index in [1.807, 2.05) is 0 Å². The van der Waals surface area contributed by atoms with Crippen molar-refractivity contribution in [1.82, 2.24) is 15.1 Å². The predicted molar refractivity (Wildman–Crippen MR) is 76.4 cm³/mol. The smallest absolute Gasteiger partial charge is 0.0793 e. The first-order valence-electron chi connectivity index (χ1n) is 7.50. The summed E-state index contributed by atoms with van der Waals surface area (Å²) in [5.41, 5.74) is -0.0347. The number of ether oxygens (including phenoxy) is 1. The Balaban J connectivity index is 1.73. The average molecular weight is 271 g/mol. The third-order valence-electron chi connectivity index (χ3n) is 4.38. The second-order valence-electron chi connectivity index (χ2n) is 6.20. The Morgan fingerprint density at radius 2 is 1.89 bits per heavy atom. The van der Waals surface area contributed by atoms with Crippen LogP contribution in [0.1, 0.15) is 19.8 Å². The number of hydrogen-bond acceptors (Lipinski definition) is 5. The molecule has 5 nitrogen and oxygen atoms in total. The summed E-state index contributed by atoms with van der Waals surface area (Å²) >= 11 is 0. The van der Waals surface area contributed by atoms with Gasteiger partial charge in [0.2, 0.25) is 0 Å². The van der Waals surface area contributed by atoms with E-state index in [1.165, 1.54) is 0 Å². The fourth-order valence-electron chi connectivity index (χ4n) is 3.18. The van der Waals surface area contributed by atoms with Gasteiger partial charge in [-0.2, -0.15) is 0 Å². The number of hydrogen-bond donors (Lipinski definition) is 2. The molecule has 0 aromatic carbocycles. The van der Waals surface area contributed by atoms with Crippen molar-refractivity contribution in [2.24, 2.45) is 0 Å². The standard InChI is InChI=1S/C14H29N3O2/c1-14(19-2)4-3-7-17(12-14)11-13(18)10-16-8-5-15-6-9-16/h13,15,18H,3-12H2,1-2H3. The molecule has 2 unspecified atom stereocenters. The van der Waals surface area contributed by atoms with Crippen molar-refractivity contribution in [3.05, 3.63) is 0 Å². The summed E-state index contributed by atoms with van der Waals surface area (Å²) in [4.78, 5) is 4.69. The second-order valence-corrected chi connectivity index (χ2v) is 6.20. The quantitative estimate of drug-likeness (QED) is 0.722. The number of methoxy groups -OCH3 is 1. The van der Waals surface area contributed by atoms with Gasteiger partial charge in [-0.15, -0.1) is 0 Å². The summed E-state index contributed by atoms with van der Waals surface area (Å²) in [6.45, 7) is 9.92. The molecule has 0 radical (unpaired) electrons. The Morgan fingerprint density at radius 1 is 1.21 bits per heavy atom. The fraction of sp³-hybridized carbons (Fsp3) is 1.00. The number of nitrogens with zero attached hydrogens (tertiary/aromatic N) is 2. The second kappa shape index (κ2) is 6.99. The Morgan fingerprint density at radius 3 is 2.58 bits per heavy atom. The van der Waals surface area contributed by atoms with Gasteiger partial charge in [-0.3, -0.25) is 9.80 Å². The van der Waals surface area contributed by atoms with Crippen molar-refractivity contribution in [2.75, 3.05) is 59.5 Å². The third-order valence-corrected chi connectivity index (χ3v) is 4.38. The zero-order valence-corrected chi connectivity index (χ0v) is 12.4. The van der Waals surface area contributed by atoms with E-state index in [1.54, 1.807) is 7.11 Å². The monoisotopic (exact) mass is 271 g/mol. The van der Waals surface area contributed by atoms with Gasteiger partial charge < -0.3 is 15.2 Å². The van der Waals surface area contributed by atoms with Crippen molar-refractivity contribution in [2.45, 2.75) is 31.5 Å². The molecule has 2 N–H and O–H groups in total. The third kappa shape index (κ3) is 4.68. The van der Waals surface area contributed by atoms with Gasteiger partial charge in [-0.05, 0) is 26.3 Å². The molecule has 2 rings (SSSR count). The molecule has 0 spiro atoms. The van der Waals surface area contributed by atoms with Gasteiger partial charge in [0.25, 0.3) is 0 Å². The molecule has 2 aliphatic heterocycles. The van der Waals surface area contributed by atoms with E-state index in [2.05, 4.69) is 22.0 Å². The summed E-state index contributed by atoms with van der Waals surface area (Å²) in [6, 6.07) is 0. The number of nitrogens with one attached hydrogen (secondary N) is 1. The first-order valence-corrected chi connectivity index (χ1v) is 7.50. The molecule has 0 bridgehead atoms. The van der Waals surface area contributed by atoms with Crippen LogP contribution in [0.4, 0.5) is 0 Å². The minimum atomic E-state index is -0.252. The normalized spacial score (nSPS) is 32.4. The lowest BCUT2D eigenvalue weighted by molar-refractivity contribution is -0.0602. The first kappa shape index (κ1) is 15.2. The number of aliphatic hydroxyl groups is 1. The van der Waals surface area contributed by atoms with Crippen molar-refractivity contribution >= 4 is 0 Å². The van der Waals surface area contributed by atoms with Gasteiger partial charge in [-0.25, -0.2) is 0 Å². The molecule has 2 saturated heterocycles. The van der Waals surface area contributed by atoms with Gasteiger partial charge in [0.15, 0.2) is 0 Å². The van der Waals surface area contributed by atoms with E-state index in [4.69, 9.17) is 4.74 Å². The maximum Gasteiger partial charge on any atom is 0.0793 e. The molecule has 0 aromatic rings. The summed E-state index contributed by atoms with van der Waals surface area (Å²) in [7, 11) is 1.79. The maximum atomic E-state index is 10.3. The molecule has 2 aliphatic rings. The molecule has 0 aliphatic carbocycles. The molecule has 2 atom stereocenters. The van der Waals surface area contributed by atoms with Crippen molar-refractivity contribution in [3.8, 4) is 0 Å². The van der Waals surface area contributed by atoms with Crippen LogP contribution in [0.2, 0.25) is 0 Å². The molecular formula is C14H29N3O2. The van der Waals surface area contributed by atoms with E-state index < -0.39 is 0 Å². The number of piperazine rings is 1. The number of β-amino-alcohol motifs (C(OH)–C–C–N with tert-alkyl or cyclic N) is 1. The van der Waals surface area contributed by atoms with Crippen molar-refractivity contribution in [1.29, 1.82) is 0 Å². The van der Waals surface area contributed by atoms with E-state index in [9.17, 15) is 5.11 Å². The molecule has 2 fully saturated rings. The largest absolute Gasteiger partial charge is 0.390 e. The summed E-state index contributed by atoms with van der Waals surface area (Å²) in [6.07, 6.45) is 2.02. The van der Waals surface area contributed by atoms with Crippen molar-refractivity contribution < 1.29 is 9.84 Å². The van der Waals surface area contributed by atoms with Gasteiger partial charge in [0, 0.05) is 52.9 Å². The lowest BCUT2D eigenvalue weighted by Crippen LogP contribution is -2.52. The van der Waals surface area contributed by atoms with Gasteiger partial charge in [-0.1, -0.05) is 0 Å². The van der Waals surface area contributed by atoms with Crippen LogP contribution >= 0.6 is 0 Å². The maximum absolute atomic E-state index is 10.3. The van der Waals surface area contributed by atoms with Crippen LogP contribution in [0.15, 0.2) is 0 Å². The van der Waals surface area contributed by atoms with Crippen molar-refractivity contribution in [3.63, 3.8) is 0 Å². The molecule has 5 heteroatoms. The molecule has 0 aromatic heterocycles. The van der Waals surface area contributed by atoms with E-state index >= 15 is 0 Å². The first-order chi connectivity index (χ1) is 9.11. The molecular weight excluding hydrogens is 242 g/mol. The number of aliphatic hydroxyl groups excluding tert-OH is 1. The van der Waals surface area contributed by atoms with Gasteiger partial charge >= 0.3 is 0 Å². The molecule has 0 saturated carbocycles. The van der Waals surface area contributed by atoms with Crippen LogP contribution in [-0.2, 0) is 4.74 Å². The predicted octanol–water partition coefficient (Wildman–Crippen LogP) is -0.247. The molecule has 2 heterocycles. The Kier molecular flexibility index (Phi) is 5.59. The van der Waals surface area contributed by atoms with Gasteiger partial charge in [0.1, 0.15) is 0 Å². The minimum Gasteiger partial charge on any atom is -0.390 e. The Hall–Kier alpha value is -0.200. The van der Waals surface area contributed by atoms with E-state index in [0.29, 0.717) is 0 Å². The highest BCUT2D eigenvalue weighted by Crippen LogP contribution is 2.23. The van der Waals surface area contributed by atoms with Gasteiger partial charge in [0.05, 0.1) is 11.7 Å². The van der Waals surface area contributed by atoms with Crippen LogP contribution in [0.3, 0.4) is 0 Å². The minimum absolute atomic E-state index is 0.0347. The Labute approximate surface area is 116 Å². The molecule has 112 valence electrons. The highest BCUT2D eigenvalue weighted by atomic mass is 16.5. The highest BCUT2D eigenvalue weighted by molar-refractivity contribution is 4.86. The fourth-order valence-corrected chi connectivity index (χ4v) is 3.18. The SMILES string of the molecule is COC1(C)CCCN(CC(O)CN2CCNCC2)C1. The summed E-state index contributed by atoms with van der Waals surface area (Å²) in [5, 5.41) is 13.6. The lowest BCUT2D eigenvalue weighted by atomic mass is 9.94. The molecule has 0 amide bonds. The zero-order chi connectivity index (χ0) is 13.7. The van der Waals surface area contributed by atoms with Crippen LogP contribution < -0.4 is 5.32 Å². The summed E-state index contributed by atoms with van der Waals surface area (Å²) in [5.74, 6) is 0. The Bertz CT molecular complexity index is 271. The lowest BCUT2D eigenvalue weighted by Gasteiger charge is -2.40. The van der Waals surface area contributed by atoms with Crippen LogP contribution in [-0.4, -0.2) is 86.1 Å². The highest BCUT2D eigenvalue weighted by Gasteiger charge is 2.31. The number of likely N-dealkylation sites (tertiary alicyclic amines) is 1. The zero-order valence-electron chi connectivity index (χ0n) is 12.4. The van der Waals surface area contributed by atoms with Crippen LogP contribution in [0.5, 0.6) is 0 Å². The average Bonchev–Trinajstić information content (AvgIpc) is 2.40. The van der Waals surface area contributed by atoms with E-state index in [0.717, 1.165) is 65.2 Å². The number of piperidine rings is 1. The summed E-state index contributed by atoms with van der Waals surface area (Å²) < 4.78 is 5.60. The van der Waals surface area contributed by atoms with E-state index in [-0.39, 0.29) is 11.7 Å². The topological polar surface area (TPSA) is 48.0 Å². The number of rotatable bonds is 5. The molecule has 19 heavy (non-hydrogen) atoms.